The first-order valence-corrected chi connectivity index (χ1v) is 9.09. The van der Waals surface area contributed by atoms with E-state index in [1.54, 1.807) is 25.4 Å². The minimum Gasteiger partial charge on any atom is -0.320 e. The zero-order chi connectivity index (χ0) is 18.4. The van der Waals surface area contributed by atoms with Gasteiger partial charge in [-0.2, -0.15) is 5.10 Å². The van der Waals surface area contributed by atoms with E-state index in [4.69, 9.17) is 0 Å². The Morgan fingerprint density at radius 2 is 2.12 bits per heavy atom. The number of fused-ring (bicyclic) bond motifs is 2. The summed E-state index contributed by atoms with van der Waals surface area (Å²) in [6.45, 7) is 5.84. The van der Waals surface area contributed by atoms with E-state index in [0.29, 0.717) is 21.5 Å². The van der Waals surface area contributed by atoms with Crippen LogP contribution in [-0.2, 0) is 0 Å². The van der Waals surface area contributed by atoms with Crippen LogP contribution in [0, 0.1) is 12.7 Å². The first-order valence-electron chi connectivity index (χ1n) is 8.28. The number of carbonyl (C=O) groups is 1. The summed E-state index contributed by atoms with van der Waals surface area (Å²) in [4.78, 5) is 17.6. The van der Waals surface area contributed by atoms with Gasteiger partial charge in [-0.15, -0.1) is 11.3 Å². The molecule has 0 saturated heterocycles. The second-order valence-electron chi connectivity index (χ2n) is 6.44. The van der Waals surface area contributed by atoms with Gasteiger partial charge in [0.15, 0.2) is 5.65 Å². The number of anilines is 1. The molecule has 0 bridgehead atoms. The van der Waals surface area contributed by atoms with Gasteiger partial charge in [-0.25, -0.2) is 14.1 Å². The third-order valence-electron chi connectivity index (χ3n) is 4.29. The molecular formula is C19H17FN4OS. The molecule has 26 heavy (non-hydrogen) atoms. The fourth-order valence-electron chi connectivity index (χ4n) is 3.04. The fourth-order valence-corrected chi connectivity index (χ4v) is 4.16. The Labute approximate surface area is 153 Å². The maximum atomic E-state index is 14.0. The van der Waals surface area contributed by atoms with E-state index in [1.165, 1.54) is 17.4 Å². The molecule has 0 fully saturated rings. The average Bonchev–Trinajstić information content (AvgIpc) is 3.16. The largest absolute Gasteiger partial charge is 0.320 e. The van der Waals surface area contributed by atoms with Gasteiger partial charge >= 0.3 is 0 Å². The first kappa shape index (κ1) is 16.7. The van der Waals surface area contributed by atoms with Gasteiger partial charge in [0.2, 0.25) is 0 Å². The standard InChI is InChI=1S/C19H17FN4OS/c1-10(2)24-18-12(8-22-24)7-13(9-21-18)23-19(25)17-11(3)16-14(20)5-4-6-15(16)26-17/h4-10H,1-3H3,(H,23,25). The zero-order valence-electron chi connectivity index (χ0n) is 14.6. The SMILES string of the molecule is Cc1c(C(=O)Nc2cnc3c(cnn3C(C)C)c2)sc2cccc(F)c12. The minimum absolute atomic E-state index is 0.205. The van der Waals surface area contributed by atoms with E-state index < -0.39 is 0 Å². The number of amides is 1. The van der Waals surface area contributed by atoms with Crippen molar-refractivity contribution in [1.82, 2.24) is 14.8 Å². The molecule has 0 aliphatic carbocycles. The lowest BCUT2D eigenvalue weighted by Gasteiger charge is -2.07. The number of carbonyl (C=O) groups excluding carboxylic acids is 1. The molecule has 1 amide bonds. The summed E-state index contributed by atoms with van der Waals surface area (Å²) in [5.74, 6) is -0.569. The molecule has 1 aromatic carbocycles. The van der Waals surface area contributed by atoms with E-state index in [1.807, 2.05) is 30.7 Å². The van der Waals surface area contributed by atoms with Crippen LogP contribution in [0.4, 0.5) is 10.1 Å². The molecule has 1 N–H and O–H groups in total. The number of nitrogens with one attached hydrogen (secondary N) is 1. The van der Waals surface area contributed by atoms with Gasteiger partial charge in [-0.1, -0.05) is 6.07 Å². The normalized spacial score (nSPS) is 11.6. The number of halogens is 1. The predicted octanol–water partition coefficient (Wildman–Crippen LogP) is 4.93. The Kier molecular flexibility index (Phi) is 3.96. The smallest absolute Gasteiger partial charge is 0.266 e. The highest BCUT2D eigenvalue weighted by Gasteiger charge is 2.18. The number of benzene rings is 1. The maximum Gasteiger partial charge on any atom is 0.266 e. The van der Waals surface area contributed by atoms with Gasteiger partial charge in [0, 0.05) is 21.5 Å². The molecule has 0 aliphatic heterocycles. The molecule has 0 unspecified atom stereocenters. The third kappa shape index (κ3) is 2.64. The molecular weight excluding hydrogens is 351 g/mol. The van der Waals surface area contributed by atoms with Gasteiger partial charge in [0.25, 0.3) is 5.91 Å². The van der Waals surface area contributed by atoms with Crippen molar-refractivity contribution in [2.45, 2.75) is 26.8 Å². The first-order chi connectivity index (χ1) is 12.5. The molecule has 0 saturated carbocycles. The summed E-state index contributed by atoms with van der Waals surface area (Å²) in [6, 6.07) is 6.93. The molecule has 4 aromatic rings. The molecule has 4 rings (SSSR count). The summed E-state index contributed by atoms with van der Waals surface area (Å²) in [5.41, 5.74) is 2.02. The number of rotatable bonds is 3. The van der Waals surface area contributed by atoms with Gasteiger partial charge in [0.1, 0.15) is 5.82 Å². The lowest BCUT2D eigenvalue weighted by molar-refractivity contribution is 0.103. The molecule has 0 aliphatic rings. The van der Waals surface area contributed by atoms with Crippen LogP contribution < -0.4 is 5.32 Å². The van der Waals surface area contributed by atoms with Crippen molar-refractivity contribution < 1.29 is 9.18 Å². The number of hydrogen-bond acceptors (Lipinski definition) is 4. The zero-order valence-corrected chi connectivity index (χ0v) is 15.4. The Hall–Kier alpha value is -2.80. The van der Waals surface area contributed by atoms with Crippen LogP contribution in [-0.4, -0.2) is 20.7 Å². The fraction of sp³-hybridized carbons (Fsp3) is 0.211. The van der Waals surface area contributed by atoms with Crippen molar-refractivity contribution in [3.8, 4) is 0 Å². The van der Waals surface area contributed by atoms with Crippen molar-refractivity contribution in [2.75, 3.05) is 5.32 Å². The number of pyridine rings is 1. The topological polar surface area (TPSA) is 59.8 Å². The van der Waals surface area contributed by atoms with Crippen LogP contribution in [0.3, 0.4) is 0 Å². The van der Waals surface area contributed by atoms with E-state index in [2.05, 4.69) is 15.4 Å². The Bertz CT molecular complexity index is 1150. The van der Waals surface area contributed by atoms with E-state index >= 15 is 0 Å². The lowest BCUT2D eigenvalue weighted by atomic mass is 10.1. The number of thiophene rings is 1. The van der Waals surface area contributed by atoms with Crippen LogP contribution in [0.25, 0.3) is 21.1 Å². The minimum atomic E-state index is -0.306. The average molecular weight is 368 g/mol. The Balaban J connectivity index is 1.67. The third-order valence-corrected chi connectivity index (χ3v) is 5.55. The predicted molar refractivity (Wildman–Crippen MR) is 102 cm³/mol. The Morgan fingerprint density at radius 1 is 1.31 bits per heavy atom. The molecule has 0 spiro atoms. The van der Waals surface area contributed by atoms with E-state index in [-0.39, 0.29) is 17.8 Å². The molecule has 132 valence electrons. The maximum absolute atomic E-state index is 14.0. The van der Waals surface area contributed by atoms with Crippen molar-refractivity contribution in [1.29, 1.82) is 0 Å². The second-order valence-corrected chi connectivity index (χ2v) is 7.50. The highest BCUT2D eigenvalue weighted by atomic mass is 32.1. The molecule has 5 nitrogen and oxygen atoms in total. The van der Waals surface area contributed by atoms with Gasteiger partial charge in [-0.3, -0.25) is 4.79 Å². The van der Waals surface area contributed by atoms with Crippen molar-refractivity contribution in [3.05, 3.63) is 52.9 Å². The number of hydrogen-bond donors (Lipinski definition) is 1. The molecule has 0 radical (unpaired) electrons. The lowest BCUT2D eigenvalue weighted by Crippen LogP contribution is -2.11. The summed E-state index contributed by atoms with van der Waals surface area (Å²) in [5, 5.41) is 8.55. The second kappa shape index (κ2) is 6.17. The molecule has 3 heterocycles. The number of nitrogens with zero attached hydrogens (tertiary/aromatic N) is 3. The van der Waals surface area contributed by atoms with E-state index in [9.17, 15) is 9.18 Å². The quantitative estimate of drug-likeness (QED) is 0.558. The summed E-state index contributed by atoms with van der Waals surface area (Å²) in [6.07, 6.45) is 3.35. The summed E-state index contributed by atoms with van der Waals surface area (Å²) in [7, 11) is 0. The highest BCUT2D eigenvalue weighted by Crippen LogP contribution is 2.33. The van der Waals surface area contributed by atoms with Crippen molar-refractivity contribution >= 4 is 44.1 Å². The van der Waals surface area contributed by atoms with Crippen LogP contribution in [0.1, 0.15) is 35.1 Å². The van der Waals surface area contributed by atoms with Crippen molar-refractivity contribution in [3.63, 3.8) is 0 Å². The Morgan fingerprint density at radius 3 is 2.85 bits per heavy atom. The highest BCUT2D eigenvalue weighted by molar-refractivity contribution is 7.21. The number of aromatic nitrogens is 3. The van der Waals surface area contributed by atoms with Gasteiger partial charge in [0.05, 0.1) is 23.0 Å². The van der Waals surface area contributed by atoms with Gasteiger partial charge < -0.3 is 5.32 Å². The van der Waals surface area contributed by atoms with Crippen LogP contribution >= 0.6 is 11.3 Å². The molecule has 3 aromatic heterocycles. The molecule has 7 heteroatoms. The molecule has 0 atom stereocenters. The number of aryl methyl sites for hydroxylation is 1. The van der Waals surface area contributed by atoms with Gasteiger partial charge in [-0.05, 0) is 44.5 Å². The van der Waals surface area contributed by atoms with Crippen LogP contribution in [0.5, 0.6) is 0 Å². The van der Waals surface area contributed by atoms with E-state index in [0.717, 1.165) is 15.7 Å². The van der Waals surface area contributed by atoms with Crippen LogP contribution in [0.15, 0.2) is 36.7 Å². The summed E-state index contributed by atoms with van der Waals surface area (Å²) >= 11 is 1.29. The van der Waals surface area contributed by atoms with Crippen LogP contribution in [0.2, 0.25) is 0 Å². The summed E-state index contributed by atoms with van der Waals surface area (Å²) < 4.78 is 16.6. The van der Waals surface area contributed by atoms with Crippen molar-refractivity contribution in [2.24, 2.45) is 0 Å². The monoisotopic (exact) mass is 368 g/mol.